The molecule has 3 nitrogen and oxygen atoms in total. The summed E-state index contributed by atoms with van der Waals surface area (Å²) in [6, 6.07) is 7.58. The van der Waals surface area contributed by atoms with Gasteiger partial charge in [0.1, 0.15) is 5.75 Å². The normalized spacial score (nSPS) is 21.8. The Hall–Kier alpha value is -1.22. The van der Waals surface area contributed by atoms with Crippen molar-refractivity contribution < 1.29 is 9.53 Å². The fraction of sp³-hybridized carbons (Fsp3) is 0.588. The Kier molecular flexibility index (Phi) is 6.37. The minimum absolute atomic E-state index is 0.0287. The average molecular weight is 310 g/mol. The van der Waals surface area contributed by atoms with Gasteiger partial charge in [0.05, 0.1) is 6.61 Å². The fourth-order valence-corrected chi connectivity index (χ4v) is 3.15. The van der Waals surface area contributed by atoms with E-state index in [1.54, 1.807) is 0 Å². The maximum atomic E-state index is 12.4. The second-order valence-corrected chi connectivity index (χ2v) is 5.96. The summed E-state index contributed by atoms with van der Waals surface area (Å²) in [6.07, 6.45) is 5.46. The molecule has 1 aliphatic carbocycles. The van der Waals surface area contributed by atoms with Gasteiger partial charge in [-0.05, 0) is 43.4 Å². The van der Waals surface area contributed by atoms with Crippen LogP contribution in [0.1, 0.15) is 49.4 Å². The first-order chi connectivity index (χ1) is 10.2. The standard InChI is InChI=1S/C17H24ClNO2/c1-2-10-21-15-8-5-7-13(11-15)17(20)19-16-9-4-3-6-14(16)12-18/h5,7-8,11,14,16H,2-4,6,9-10,12H2,1H3,(H,19,20). The zero-order valence-corrected chi connectivity index (χ0v) is 13.4. The number of halogens is 1. The molecule has 0 heterocycles. The number of amides is 1. The predicted molar refractivity (Wildman–Crippen MR) is 86.2 cm³/mol. The van der Waals surface area contributed by atoms with E-state index >= 15 is 0 Å². The Morgan fingerprint density at radius 3 is 2.95 bits per heavy atom. The molecule has 1 aromatic rings. The lowest BCUT2D eigenvalue weighted by Gasteiger charge is -2.30. The first-order valence-electron chi connectivity index (χ1n) is 7.84. The van der Waals surface area contributed by atoms with Crippen molar-refractivity contribution >= 4 is 17.5 Å². The lowest BCUT2D eigenvalue weighted by atomic mass is 9.85. The fourth-order valence-electron chi connectivity index (χ4n) is 2.78. The zero-order valence-electron chi connectivity index (χ0n) is 12.6. The molecule has 2 unspecified atom stereocenters. The van der Waals surface area contributed by atoms with Gasteiger partial charge in [-0.2, -0.15) is 0 Å². The van der Waals surface area contributed by atoms with Gasteiger partial charge in [-0.1, -0.05) is 25.8 Å². The van der Waals surface area contributed by atoms with Gasteiger partial charge < -0.3 is 10.1 Å². The Bertz CT molecular complexity index is 464. The van der Waals surface area contributed by atoms with Crippen molar-refractivity contribution in [1.82, 2.24) is 5.32 Å². The molecule has 1 fully saturated rings. The highest BCUT2D eigenvalue weighted by Crippen LogP contribution is 2.26. The summed E-state index contributed by atoms with van der Waals surface area (Å²) >= 11 is 6.02. The van der Waals surface area contributed by atoms with Crippen LogP contribution in [0, 0.1) is 5.92 Å². The van der Waals surface area contributed by atoms with Gasteiger partial charge in [-0.15, -0.1) is 11.6 Å². The van der Waals surface area contributed by atoms with Crippen molar-refractivity contribution in [3.05, 3.63) is 29.8 Å². The van der Waals surface area contributed by atoms with E-state index in [0.29, 0.717) is 24.0 Å². The molecule has 0 saturated heterocycles. The molecule has 4 heteroatoms. The topological polar surface area (TPSA) is 38.3 Å². The molecular weight excluding hydrogens is 286 g/mol. The molecular formula is C17H24ClNO2. The minimum Gasteiger partial charge on any atom is -0.494 e. The van der Waals surface area contributed by atoms with Crippen molar-refractivity contribution in [2.45, 2.75) is 45.1 Å². The zero-order chi connectivity index (χ0) is 15.1. The highest BCUT2D eigenvalue weighted by molar-refractivity contribution is 6.18. The van der Waals surface area contributed by atoms with E-state index in [1.165, 1.54) is 6.42 Å². The van der Waals surface area contributed by atoms with Crippen LogP contribution in [0.4, 0.5) is 0 Å². The number of nitrogens with one attached hydrogen (secondary N) is 1. The summed E-state index contributed by atoms with van der Waals surface area (Å²) in [7, 11) is 0. The summed E-state index contributed by atoms with van der Waals surface area (Å²) in [5.74, 6) is 1.73. The Morgan fingerprint density at radius 2 is 2.19 bits per heavy atom. The maximum absolute atomic E-state index is 12.4. The molecule has 0 aromatic heterocycles. The van der Waals surface area contributed by atoms with Gasteiger partial charge in [0.25, 0.3) is 5.91 Å². The number of hydrogen-bond acceptors (Lipinski definition) is 2. The van der Waals surface area contributed by atoms with Crippen LogP contribution in [0.5, 0.6) is 5.75 Å². The summed E-state index contributed by atoms with van der Waals surface area (Å²) in [5, 5.41) is 3.14. The summed E-state index contributed by atoms with van der Waals surface area (Å²) < 4.78 is 5.58. The number of hydrogen-bond donors (Lipinski definition) is 1. The molecule has 0 aliphatic heterocycles. The first-order valence-corrected chi connectivity index (χ1v) is 8.37. The molecule has 1 saturated carbocycles. The van der Waals surface area contributed by atoms with Crippen LogP contribution < -0.4 is 10.1 Å². The minimum atomic E-state index is -0.0287. The van der Waals surface area contributed by atoms with E-state index in [0.717, 1.165) is 31.4 Å². The van der Waals surface area contributed by atoms with Gasteiger partial charge in [0, 0.05) is 17.5 Å². The Morgan fingerprint density at radius 1 is 1.38 bits per heavy atom. The van der Waals surface area contributed by atoms with E-state index in [-0.39, 0.29) is 11.9 Å². The number of alkyl halides is 1. The van der Waals surface area contributed by atoms with E-state index in [9.17, 15) is 4.79 Å². The maximum Gasteiger partial charge on any atom is 0.251 e. The van der Waals surface area contributed by atoms with Crippen LogP contribution in [-0.2, 0) is 0 Å². The summed E-state index contributed by atoms with van der Waals surface area (Å²) in [4.78, 5) is 12.4. The molecule has 21 heavy (non-hydrogen) atoms. The third kappa shape index (κ3) is 4.63. The molecule has 1 aliphatic rings. The monoisotopic (exact) mass is 309 g/mol. The van der Waals surface area contributed by atoms with Crippen LogP contribution in [0.3, 0.4) is 0 Å². The highest BCUT2D eigenvalue weighted by Gasteiger charge is 2.26. The van der Waals surface area contributed by atoms with Crippen molar-refractivity contribution in [3.63, 3.8) is 0 Å². The van der Waals surface area contributed by atoms with Crippen LogP contribution in [0.2, 0.25) is 0 Å². The molecule has 0 radical (unpaired) electrons. The van der Waals surface area contributed by atoms with Crippen LogP contribution in [0.25, 0.3) is 0 Å². The second-order valence-electron chi connectivity index (χ2n) is 5.66. The van der Waals surface area contributed by atoms with Crippen molar-refractivity contribution in [3.8, 4) is 5.75 Å². The van der Waals surface area contributed by atoms with Crippen molar-refractivity contribution in [2.24, 2.45) is 5.92 Å². The lowest BCUT2D eigenvalue weighted by molar-refractivity contribution is 0.0910. The highest BCUT2D eigenvalue weighted by atomic mass is 35.5. The number of ether oxygens (including phenoxy) is 1. The lowest BCUT2D eigenvalue weighted by Crippen LogP contribution is -2.42. The van der Waals surface area contributed by atoms with E-state index in [2.05, 4.69) is 12.2 Å². The third-order valence-electron chi connectivity index (χ3n) is 3.99. The Balaban J connectivity index is 1.98. The molecule has 0 bridgehead atoms. The number of carbonyl (C=O) groups is 1. The Labute approximate surface area is 132 Å². The van der Waals surface area contributed by atoms with Crippen LogP contribution in [0.15, 0.2) is 24.3 Å². The quantitative estimate of drug-likeness (QED) is 0.807. The van der Waals surface area contributed by atoms with Crippen molar-refractivity contribution in [2.75, 3.05) is 12.5 Å². The van der Waals surface area contributed by atoms with Gasteiger partial charge in [0.2, 0.25) is 0 Å². The number of rotatable bonds is 6. The largest absolute Gasteiger partial charge is 0.494 e. The third-order valence-corrected chi connectivity index (χ3v) is 4.39. The van der Waals surface area contributed by atoms with Gasteiger partial charge in [0.15, 0.2) is 0 Å². The molecule has 2 rings (SSSR count). The van der Waals surface area contributed by atoms with Crippen LogP contribution >= 0.6 is 11.6 Å². The van der Waals surface area contributed by atoms with Gasteiger partial charge in [-0.3, -0.25) is 4.79 Å². The molecule has 1 amide bonds. The average Bonchev–Trinajstić information content (AvgIpc) is 2.53. The predicted octanol–water partition coefficient (Wildman–Crippen LogP) is 4.00. The van der Waals surface area contributed by atoms with Crippen LogP contribution in [-0.4, -0.2) is 24.4 Å². The van der Waals surface area contributed by atoms with E-state index in [1.807, 2.05) is 24.3 Å². The summed E-state index contributed by atoms with van der Waals surface area (Å²) in [5.41, 5.74) is 0.655. The first kappa shape index (κ1) is 16.2. The molecule has 0 spiro atoms. The number of carbonyl (C=O) groups excluding carboxylic acids is 1. The number of benzene rings is 1. The van der Waals surface area contributed by atoms with Gasteiger partial charge >= 0.3 is 0 Å². The molecule has 1 N–H and O–H groups in total. The molecule has 116 valence electrons. The molecule has 1 aromatic carbocycles. The van der Waals surface area contributed by atoms with Crippen molar-refractivity contribution in [1.29, 1.82) is 0 Å². The second kappa shape index (κ2) is 8.28. The van der Waals surface area contributed by atoms with E-state index in [4.69, 9.17) is 16.3 Å². The van der Waals surface area contributed by atoms with Gasteiger partial charge in [-0.25, -0.2) is 0 Å². The smallest absolute Gasteiger partial charge is 0.251 e. The summed E-state index contributed by atoms with van der Waals surface area (Å²) in [6.45, 7) is 2.73. The molecule has 2 atom stereocenters. The van der Waals surface area contributed by atoms with E-state index < -0.39 is 0 Å². The SMILES string of the molecule is CCCOc1cccc(C(=O)NC2CCCCC2CCl)c1.